The summed E-state index contributed by atoms with van der Waals surface area (Å²) in [5.74, 6) is 0. The van der Waals surface area contributed by atoms with Crippen molar-refractivity contribution in [2.45, 2.75) is 4.90 Å². The summed E-state index contributed by atoms with van der Waals surface area (Å²) in [6.07, 6.45) is 0. The molecule has 0 amide bonds. The summed E-state index contributed by atoms with van der Waals surface area (Å²) in [5.41, 5.74) is -3.96. The molecule has 14 nitrogen and oxygen atoms in total. The first-order chi connectivity index (χ1) is 8.55. The molecule has 0 saturated carbocycles. The minimum absolute atomic E-state index is 0. The van der Waals surface area contributed by atoms with Gasteiger partial charge in [0.15, 0.2) is 0 Å². The molecule has 0 fully saturated rings. The summed E-state index contributed by atoms with van der Waals surface area (Å²) in [7, 11) is -5.30. The molecule has 21 heavy (non-hydrogen) atoms. The van der Waals surface area contributed by atoms with E-state index in [1.54, 1.807) is 0 Å². The number of non-ortho nitro benzene ring substituents is 1. The molecule has 0 radical (unpaired) electrons. The Morgan fingerprint density at radius 1 is 0.857 bits per heavy atom. The van der Waals surface area contributed by atoms with Gasteiger partial charge in [-0.2, -0.15) is 8.42 Å². The van der Waals surface area contributed by atoms with Gasteiger partial charge < -0.3 is 11.0 Å². The standard InChI is InChI=1S/C6H3N3O9S.2H2O/c10-7(11)3-1-4(8(12)13)6(19(16,17)18)5(2-3)9(14)15;;/h1-2H,(H,16,17,18);2*1H2. The first-order valence-electron chi connectivity index (χ1n) is 4.14. The van der Waals surface area contributed by atoms with Crippen molar-refractivity contribution in [2.75, 3.05) is 0 Å². The van der Waals surface area contributed by atoms with Crippen LogP contribution in [-0.2, 0) is 10.1 Å². The number of rotatable bonds is 4. The van der Waals surface area contributed by atoms with E-state index < -0.39 is 46.8 Å². The minimum Gasteiger partial charge on any atom is -0.412 e. The molecule has 0 spiro atoms. The lowest BCUT2D eigenvalue weighted by Crippen LogP contribution is -2.08. The van der Waals surface area contributed by atoms with Crippen LogP contribution >= 0.6 is 0 Å². The van der Waals surface area contributed by atoms with Crippen LogP contribution in [-0.4, -0.2) is 38.7 Å². The molecule has 0 saturated heterocycles. The Morgan fingerprint density at radius 3 is 1.38 bits per heavy atom. The summed E-state index contributed by atoms with van der Waals surface area (Å²) in [5, 5.41) is 31.7. The zero-order valence-electron chi connectivity index (χ0n) is 9.62. The van der Waals surface area contributed by atoms with Crippen molar-refractivity contribution in [3.05, 3.63) is 42.5 Å². The fraction of sp³-hybridized carbons (Fsp3) is 0. The van der Waals surface area contributed by atoms with Gasteiger partial charge in [0.25, 0.3) is 5.69 Å². The number of nitrogens with zero attached hydrogens (tertiary/aromatic N) is 3. The number of hydrogen-bond acceptors (Lipinski definition) is 8. The van der Waals surface area contributed by atoms with Crippen LogP contribution in [0, 0.1) is 30.3 Å². The normalized spacial score (nSPS) is 9.95. The molecule has 1 rings (SSSR count). The predicted octanol–water partition coefficient (Wildman–Crippen LogP) is -0.992. The molecule has 0 heterocycles. The molecule has 118 valence electrons. The van der Waals surface area contributed by atoms with Gasteiger partial charge in [-0.05, 0) is 0 Å². The fourth-order valence-corrected chi connectivity index (χ4v) is 2.02. The molecular weight excluding hydrogens is 322 g/mol. The molecule has 0 aliphatic heterocycles. The van der Waals surface area contributed by atoms with Crippen molar-refractivity contribution in [3.63, 3.8) is 0 Å². The molecule has 1 aromatic carbocycles. The van der Waals surface area contributed by atoms with Crippen molar-refractivity contribution in [3.8, 4) is 0 Å². The molecule has 1 aromatic rings. The second-order valence-corrected chi connectivity index (χ2v) is 4.42. The van der Waals surface area contributed by atoms with E-state index in [1.807, 2.05) is 0 Å². The first kappa shape index (κ1) is 20.6. The highest BCUT2D eigenvalue weighted by Gasteiger charge is 2.37. The molecule has 0 unspecified atom stereocenters. The van der Waals surface area contributed by atoms with Crippen molar-refractivity contribution in [1.82, 2.24) is 0 Å². The third-order valence-corrected chi connectivity index (χ3v) is 2.83. The average Bonchev–Trinajstić information content (AvgIpc) is 2.25. The maximum absolute atomic E-state index is 10.9. The van der Waals surface area contributed by atoms with Gasteiger partial charge in [-0.25, -0.2) is 0 Å². The smallest absolute Gasteiger partial charge is 0.308 e. The lowest BCUT2D eigenvalue weighted by molar-refractivity contribution is -0.407. The van der Waals surface area contributed by atoms with Gasteiger partial charge in [0.2, 0.25) is 4.90 Å². The Labute approximate surface area is 114 Å². The monoisotopic (exact) mass is 329 g/mol. The van der Waals surface area contributed by atoms with Crippen molar-refractivity contribution >= 4 is 27.2 Å². The topological polar surface area (TPSA) is 247 Å². The van der Waals surface area contributed by atoms with Gasteiger partial charge in [0, 0.05) is 0 Å². The molecule has 0 aliphatic carbocycles. The lowest BCUT2D eigenvalue weighted by Gasteiger charge is -2.01. The quantitative estimate of drug-likeness (QED) is 0.403. The lowest BCUT2D eigenvalue weighted by atomic mass is 10.2. The summed E-state index contributed by atoms with van der Waals surface area (Å²) < 4.78 is 30.7. The van der Waals surface area contributed by atoms with E-state index in [0.29, 0.717) is 0 Å². The number of nitro groups is 3. The molecule has 0 atom stereocenters. The molecule has 0 aliphatic rings. The fourth-order valence-electron chi connectivity index (χ4n) is 1.23. The van der Waals surface area contributed by atoms with Gasteiger partial charge >= 0.3 is 21.5 Å². The Hall–Kier alpha value is -2.75. The predicted molar refractivity (Wildman–Crippen MR) is 63.4 cm³/mol. The van der Waals surface area contributed by atoms with E-state index in [9.17, 15) is 38.8 Å². The van der Waals surface area contributed by atoms with Crippen LogP contribution in [0.4, 0.5) is 17.1 Å². The maximum atomic E-state index is 10.9. The van der Waals surface area contributed by atoms with Gasteiger partial charge in [-0.15, -0.1) is 0 Å². The second-order valence-electron chi connectivity index (χ2n) is 3.06. The molecule has 5 N–H and O–H groups in total. The molecular formula is C6H7N3O11S. The first-order valence-corrected chi connectivity index (χ1v) is 5.58. The van der Waals surface area contributed by atoms with E-state index in [0.717, 1.165) is 0 Å². The maximum Gasteiger partial charge on any atom is 0.308 e. The molecule has 0 bridgehead atoms. The Kier molecular flexibility index (Phi) is 6.47. The average molecular weight is 329 g/mol. The highest BCUT2D eigenvalue weighted by atomic mass is 32.2. The summed E-state index contributed by atoms with van der Waals surface area (Å²) in [4.78, 5) is 26.1. The zero-order valence-corrected chi connectivity index (χ0v) is 10.4. The van der Waals surface area contributed by atoms with Gasteiger partial charge in [-0.3, -0.25) is 34.9 Å². The van der Waals surface area contributed by atoms with Crippen molar-refractivity contribution in [2.24, 2.45) is 0 Å². The number of nitro benzene ring substituents is 3. The van der Waals surface area contributed by atoms with E-state index >= 15 is 0 Å². The van der Waals surface area contributed by atoms with Gasteiger partial charge in [0.1, 0.15) is 0 Å². The van der Waals surface area contributed by atoms with Crippen molar-refractivity contribution < 1.29 is 38.7 Å². The van der Waals surface area contributed by atoms with Crippen LogP contribution in [0.15, 0.2) is 17.0 Å². The van der Waals surface area contributed by atoms with E-state index in [4.69, 9.17) is 4.55 Å². The highest BCUT2D eigenvalue weighted by molar-refractivity contribution is 7.86. The molecule has 0 aromatic heterocycles. The van der Waals surface area contributed by atoms with Crippen LogP contribution in [0.1, 0.15) is 0 Å². The molecule has 15 heteroatoms. The van der Waals surface area contributed by atoms with Crippen LogP contribution in [0.2, 0.25) is 0 Å². The van der Waals surface area contributed by atoms with Crippen LogP contribution in [0.25, 0.3) is 0 Å². The SMILES string of the molecule is O.O.O=[N+]([O-])c1cc([N+](=O)[O-])c(S(=O)(=O)O)c([N+](=O)[O-])c1. The third kappa shape index (κ3) is 4.11. The van der Waals surface area contributed by atoms with Crippen LogP contribution in [0.3, 0.4) is 0 Å². The van der Waals surface area contributed by atoms with Crippen LogP contribution < -0.4 is 0 Å². The summed E-state index contributed by atoms with van der Waals surface area (Å²) >= 11 is 0. The van der Waals surface area contributed by atoms with Gasteiger partial charge in [0.05, 0.1) is 26.9 Å². The van der Waals surface area contributed by atoms with E-state index in [1.165, 1.54) is 0 Å². The number of hydrogen-bond donors (Lipinski definition) is 1. The highest BCUT2D eigenvalue weighted by Crippen LogP contribution is 2.36. The zero-order chi connectivity index (χ0) is 15.0. The van der Waals surface area contributed by atoms with E-state index in [2.05, 4.69) is 0 Å². The Bertz CT molecular complexity index is 661. The van der Waals surface area contributed by atoms with Gasteiger partial charge in [-0.1, -0.05) is 0 Å². The Balaban J connectivity index is 0. The second kappa shape index (κ2) is 6.61. The van der Waals surface area contributed by atoms with Crippen LogP contribution in [0.5, 0.6) is 0 Å². The summed E-state index contributed by atoms with van der Waals surface area (Å²) in [6.45, 7) is 0. The van der Waals surface area contributed by atoms with Crippen molar-refractivity contribution in [1.29, 1.82) is 0 Å². The largest absolute Gasteiger partial charge is 0.412 e. The number of benzene rings is 1. The van der Waals surface area contributed by atoms with E-state index in [-0.39, 0.29) is 23.1 Å². The summed E-state index contributed by atoms with van der Waals surface area (Å²) in [6, 6.07) is 0.409. The Morgan fingerprint density at radius 2 is 1.19 bits per heavy atom. The third-order valence-electron chi connectivity index (χ3n) is 1.90. The minimum atomic E-state index is -5.30.